The second kappa shape index (κ2) is 14.6. The van der Waals surface area contributed by atoms with Crippen molar-refractivity contribution in [3.63, 3.8) is 0 Å². The van der Waals surface area contributed by atoms with Crippen LogP contribution in [-0.2, 0) is 30.1 Å². The van der Waals surface area contributed by atoms with E-state index in [0.717, 1.165) is 0 Å². The molecular formula is C25H35N6O7P. The average molecular weight is 563 g/mol. The summed E-state index contributed by atoms with van der Waals surface area (Å²) in [6, 6.07) is 7.61. The second-order valence-electron chi connectivity index (χ2n) is 8.42. The van der Waals surface area contributed by atoms with Crippen molar-refractivity contribution in [3.05, 3.63) is 49.1 Å². The van der Waals surface area contributed by atoms with Gasteiger partial charge in [0.15, 0.2) is 0 Å². The number of esters is 1. The molecule has 0 fully saturated rings. The van der Waals surface area contributed by atoms with Crippen molar-refractivity contribution in [2.75, 3.05) is 26.1 Å². The number of ether oxygens (including phenoxy) is 3. The molecule has 3 N–H and O–H groups in total. The normalized spacial score (nSPS) is 13.6. The van der Waals surface area contributed by atoms with Crippen LogP contribution in [0.2, 0.25) is 0 Å². The van der Waals surface area contributed by atoms with Crippen molar-refractivity contribution in [3.8, 4) is 22.9 Å². The van der Waals surface area contributed by atoms with Crippen molar-refractivity contribution in [1.82, 2.24) is 24.6 Å². The maximum atomic E-state index is 13.5. The van der Waals surface area contributed by atoms with Crippen LogP contribution in [0.3, 0.4) is 0 Å². The van der Waals surface area contributed by atoms with Gasteiger partial charge < -0.3 is 29.0 Å². The fraction of sp³-hybridized carbons (Fsp3) is 0.440. The minimum Gasteiger partial charge on any atom is -0.480 e. The lowest BCUT2D eigenvalue weighted by atomic mass is 10.2. The Morgan fingerprint density at radius 1 is 1.15 bits per heavy atom. The first kappa shape index (κ1) is 30.0. The summed E-state index contributed by atoms with van der Waals surface area (Å²) in [5.41, 5.74) is 6.76. The molecule has 3 aromatic rings. The van der Waals surface area contributed by atoms with Gasteiger partial charge in [-0.05, 0) is 31.9 Å². The molecule has 0 aliphatic carbocycles. The number of hydrogen-bond acceptors (Lipinski definition) is 11. The van der Waals surface area contributed by atoms with Crippen LogP contribution in [0.15, 0.2) is 49.1 Å². The van der Waals surface area contributed by atoms with Gasteiger partial charge in [0.25, 0.3) is 0 Å². The number of aromatic nitrogens is 4. The lowest BCUT2D eigenvalue weighted by Crippen LogP contribution is -2.37. The highest BCUT2D eigenvalue weighted by Gasteiger charge is 2.32. The number of methoxy groups -OCH3 is 1. The number of hydrogen-bond donors (Lipinski definition) is 2. The number of carbonyl (C=O) groups excluding carboxylic acids is 1. The number of benzene rings is 1. The molecule has 0 unspecified atom stereocenters. The van der Waals surface area contributed by atoms with Crippen LogP contribution >= 0.6 is 7.75 Å². The Balaban J connectivity index is 1.56. The Morgan fingerprint density at radius 2 is 1.90 bits per heavy atom. The third-order valence-corrected chi connectivity index (χ3v) is 7.15. The minimum absolute atomic E-state index is 0.0768. The smallest absolute Gasteiger partial charge is 0.459 e. The van der Waals surface area contributed by atoms with E-state index in [1.165, 1.54) is 13.3 Å². The predicted octanol–water partition coefficient (Wildman–Crippen LogP) is 3.82. The fourth-order valence-electron chi connectivity index (χ4n) is 3.39. The number of nitrogens with one attached hydrogen (secondary N) is 1. The first-order valence-electron chi connectivity index (χ1n) is 12.5. The summed E-state index contributed by atoms with van der Waals surface area (Å²) in [7, 11) is -2.48. The summed E-state index contributed by atoms with van der Waals surface area (Å²) >= 11 is 0. The highest BCUT2D eigenvalue weighted by molar-refractivity contribution is 7.52. The number of rotatable bonds is 16. The van der Waals surface area contributed by atoms with Crippen molar-refractivity contribution in [1.29, 1.82) is 0 Å². The fourth-order valence-corrected chi connectivity index (χ4v) is 4.86. The van der Waals surface area contributed by atoms with Crippen LogP contribution in [0.1, 0.15) is 33.6 Å². The molecule has 212 valence electrons. The van der Waals surface area contributed by atoms with E-state index >= 15 is 0 Å². The molecular weight excluding hydrogens is 527 g/mol. The van der Waals surface area contributed by atoms with Gasteiger partial charge in [0, 0.05) is 12.4 Å². The molecule has 39 heavy (non-hydrogen) atoms. The molecule has 0 saturated heterocycles. The second-order valence-corrected chi connectivity index (χ2v) is 10.1. The van der Waals surface area contributed by atoms with Gasteiger partial charge in [0.2, 0.25) is 11.8 Å². The Hall–Kier alpha value is -3.51. The summed E-state index contributed by atoms with van der Waals surface area (Å²) in [5, 5.41) is 2.67. The van der Waals surface area contributed by atoms with E-state index in [9.17, 15) is 9.36 Å². The van der Waals surface area contributed by atoms with Crippen molar-refractivity contribution in [2.45, 2.75) is 52.5 Å². The van der Waals surface area contributed by atoms with E-state index < -0.39 is 19.8 Å². The molecule has 14 heteroatoms. The van der Waals surface area contributed by atoms with Gasteiger partial charge in [-0.15, -0.1) is 0 Å². The van der Waals surface area contributed by atoms with Crippen LogP contribution in [0.5, 0.6) is 11.6 Å². The number of nitrogen functional groups attached to an aromatic ring is 1. The van der Waals surface area contributed by atoms with Crippen LogP contribution < -0.4 is 20.1 Å². The Labute approximate surface area is 227 Å². The number of anilines is 1. The van der Waals surface area contributed by atoms with Crippen molar-refractivity contribution >= 4 is 19.7 Å². The average Bonchev–Trinajstić information content (AvgIpc) is 3.40. The summed E-state index contributed by atoms with van der Waals surface area (Å²) in [5.74, 6) is 0.183. The zero-order chi connectivity index (χ0) is 28.3. The zero-order valence-corrected chi connectivity index (χ0v) is 23.4. The maximum Gasteiger partial charge on any atom is 0.459 e. The lowest BCUT2D eigenvalue weighted by Gasteiger charge is -2.24. The molecule has 0 aliphatic heterocycles. The van der Waals surface area contributed by atoms with Gasteiger partial charge in [-0.1, -0.05) is 32.0 Å². The summed E-state index contributed by atoms with van der Waals surface area (Å²) in [6.45, 7) is 5.55. The van der Waals surface area contributed by atoms with Gasteiger partial charge >= 0.3 is 13.7 Å². The molecule has 1 aromatic carbocycles. The summed E-state index contributed by atoms with van der Waals surface area (Å²) in [4.78, 5) is 24.9. The molecule has 0 radical (unpaired) electrons. The standard InChI is InChI=1S/C25H35N6O7P/c1-5-19(6-2)37-24(32)18(3)30-39(33,38-20-10-8-7-9-11-20)36-13-12-35-17-31-15-22(28-16-31)21-14-27-25(26)29-23(21)34-4/h7-11,14-16,18-19H,5-6,12-13,17H2,1-4H3,(H,30,33)(H2,26,27,29)/t18-,39+/m1/s1. The van der Waals surface area contributed by atoms with Crippen LogP contribution in [0, 0.1) is 0 Å². The number of para-hydroxylation sites is 1. The molecule has 0 saturated carbocycles. The summed E-state index contributed by atoms with van der Waals surface area (Å²) < 4.78 is 42.8. The number of nitrogens with two attached hydrogens (primary N) is 1. The van der Waals surface area contributed by atoms with E-state index in [0.29, 0.717) is 35.7 Å². The van der Waals surface area contributed by atoms with Gasteiger partial charge in [0.1, 0.15) is 24.6 Å². The number of imidazole rings is 1. The zero-order valence-electron chi connectivity index (χ0n) is 22.5. The van der Waals surface area contributed by atoms with Gasteiger partial charge in [-0.3, -0.25) is 9.32 Å². The minimum atomic E-state index is -3.96. The SMILES string of the molecule is CCC(CC)OC(=O)[C@@H](C)N[P@](=O)(OCCOCn1cnc(-c2cnc(N)nc2OC)c1)Oc1ccccc1. The lowest BCUT2D eigenvalue weighted by molar-refractivity contribution is -0.151. The Kier molecular flexibility index (Phi) is 11.2. The Morgan fingerprint density at radius 3 is 2.59 bits per heavy atom. The van der Waals surface area contributed by atoms with E-state index in [-0.39, 0.29) is 32.0 Å². The van der Waals surface area contributed by atoms with E-state index in [2.05, 4.69) is 20.0 Å². The van der Waals surface area contributed by atoms with Crippen LogP contribution in [0.4, 0.5) is 5.95 Å². The van der Waals surface area contributed by atoms with Crippen LogP contribution in [-0.4, -0.2) is 58.0 Å². The first-order chi connectivity index (χ1) is 18.8. The molecule has 13 nitrogen and oxygen atoms in total. The molecule has 0 bridgehead atoms. The van der Waals surface area contributed by atoms with Gasteiger partial charge in [-0.2, -0.15) is 10.1 Å². The highest BCUT2D eigenvalue weighted by Crippen LogP contribution is 2.44. The van der Waals surface area contributed by atoms with E-state index in [1.54, 1.807) is 54.3 Å². The largest absolute Gasteiger partial charge is 0.480 e. The summed E-state index contributed by atoms with van der Waals surface area (Å²) in [6.07, 6.45) is 5.98. The van der Waals surface area contributed by atoms with E-state index in [4.69, 9.17) is 29.0 Å². The third-order valence-electron chi connectivity index (χ3n) is 5.47. The molecule has 2 heterocycles. The van der Waals surface area contributed by atoms with Crippen molar-refractivity contribution < 1.29 is 32.6 Å². The predicted molar refractivity (Wildman–Crippen MR) is 144 cm³/mol. The van der Waals surface area contributed by atoms with Gasteiger partial charge in [-0.25, -0.2) is 14.5 Å². The molecule has 2 aromatic heterocycles. The highest BCUT2D eigenvalue weighted by atomic mass is 31.2. The molecule has 0 aliphatic rings. The molecule has 0 amide bonds. The first-order valence-corrected chi connectivity index (χ1v) is 14.0. The van der Waals surface area contributed by atoms with E-state index in [1.807, 2.05) is 13.8 Å². The number of nitrogens with zero attached hydrogens (tertiary/aromatic N) is 4. The number of carbonyl (C=O) groups is 1. The maximum absolute atomic E-state index is 13.5. The van der Waals surface area contributed by atoms with Crippen LogP contribution in [0.25, 0.3) is 11.3 Å². The third kappa shape index (κ3) is 9.03. The molecule has 0 spiro atoms. The quantitative estimate of drug-likeness (QED) is 0.148. The molecule has 3 rings (SSSR count). The topological polar surface area (TPSA) is 162 Å². The van der Waals surface area contributed by atoms with Gasteiger partial charge in [0.05, 0.1) is 37.9 Å². The Bertz CT molecular complexity index is 1240. The van der Waals surface area contributed by atoms with Crippen molar-refractivity contribution in [2.24, 2.45) is 0 Å². The molecule has 2 atom stereocenters. The monoisotopic (exact) mass is 562 g/mol.